The number of carbonyl (C=O) groups is 3. The van der Waals surface area contributed by atoms with E-state index in [1.807, 2.05) is 0 Å². The van der Waals surface area contributed by atoms with E-state index in [1.165, 1.54) is 30.2 Å². The first-order chi connectivity index (χ1) is 17.1. The van der Waals surface area contributed by atoms with Crippen LogP contribution in [-0.4, -0.2) is 67.3 Å². The lowest BCUT2D eigenvalue weighted by Crippen LogP contribution is -2.47. The van der Waals surface area contributed by atoms with Gasteiger partial charge in [-0.2, -0.15) is 0 Å². The SMILES string of the molecule is COC(=O)[C@]12C[C@H]1[C@@](C)(c1cc(C=O)ccc1F)N=C(N(COCC[Si](C)(C)C)C(=O)OC(C)(C)C)S2. The number of aliphatic imine (C=N–C) groups is 1. The predicted octanol–water partition coefficient (Wildman–Crippen LogP) is 5.44. The van der Waals surface area contributed by atoms with E-state index in [4.69, 9.17) is 19.2 Å². The Kier molecular flexibility index (Phi) is 8.31. The zero-order valence-electron chi connectivity index (χ0n) is 22.8. The number of hydrogen-bond acceptors (Lipinski definition) is 8. The fraction of sp³-hybridized carbons (Fsp3) is 0.615. The number of ether oxygens (including phenoxy) is 3. The van der Waals surface area contributed by atoms with Crippen molar-refractivity contribution in [3.8, 4) is 0 Å². The Morgan fingerprint density at radius 1 is 1.30 bits per heavy atom. The van der Waals surface area contributed by atoms with E-state index in [9.17, 15) is 14.4 Å². The molecule has 1 aliphatic carbocycles. The highest BCUT2D eigenvalue weighted by Gasteiger charge is 2.72. The second-order valence-corrected chi connectivity index (χ2v) is 18.8. The maximum atomic E-state index is 15.2. The Balaban J connectivity index is 2.07. The smallest absolute Gasteiger partial charge is 0.418 e. The average Bonchev–Trinajstić information content (AvgIpc) is 3.54. The first-order valence-electron chi connectivity index (χ1n) is 12.3. The molecule has 3 rings (SSSR count). The Bertz CT molecular complexity index is 1100. The average molecular weight is 553 g/mol. The van der Waals surface area contributed by atoms with Crippen LogP contribution in [0.4, 0.5) is 9.18 Å². The molecular weight excluding hydrogens is 515 g/mol. The number of nitrogens with zero attached hydrogens (tertiary/aromatic N) is 2. The summed E-state index contributed by atoms with van der Waals surface area (Å²) in [6, 6.07) is 4.94. The van der Waals surface area contributed by atoms with Crippen LogP contribution in [0.1, 0.15) is 50.0 Å². The van der Waals surface area contributed by atoms with Crippen LogP contribution in [0.15, 0.2) is 23.2 Å². The molecule has 0 radical (unpaired) electrons. The van der Waals surface area contributed by atoms with Gasteiger partial charge in [0.25, 0.3) is 0 Å². The second kappa shape index (κ2) is 10.5. The minimum Gasteiger partial charge on any atom is -0.468 e. The summed E-state index contributed by atoms with van der Waals surface area (Å²) in [6.45, 7) is 14.0. The molecule has 37 heavy (non-hydrogen) atoms. The van der Waals surface area contributed by atoms with Crippen molar-refractivity contribution in [1.82, 2.24) is 4.90 Å². The van der Waals surface area contributed by atoms with E-state index in [1.54, 1.807) is 27.7 Å². The fourth-order valence-electron chi connectivity index (χ4n) is 4.32. The lowest BCUT2D eigenvalue weighted by molar-refractivity contribution is -0.141. The number of methoxy groups -OCH3 is 1. The summed E-state index contributed by atoms with van der Waals surface area (Å²) in [5, 5.41) is 0.180. The van der Waals surface area contributed by atoms with Crippen LogP contribution >= 0.6 is 11.8 Å². The second-order valence-electron chi connectivity index (χ2n) is 11.9. The van der Waals surface area contributed by atoms with Crippen molar-refractivity contribution in [3.05, 3.63) is 35.1 Å². The molecule has 1 saturated carbocycles. The zero-order valence-corrected chi connectivity index (χ0v) is 24.7. The molecule has 11 heteroatoms. The third-order valence-electron chi connectivity index (χ3n) is 6.45. The van der Waals surface area contributed by atoms with E-state index < -0.39 is 47.8 Å². The van der Waals surface area contributed by atoms with Gasteiger partial charge in [-0.3, -0.25) is 14.6 Å². The molecule has 0 aromatic heterocycles. The summed E-state index contributed by atoms with van der Waals surface area (Å²) in [7, 11) is -0.0793. The van der Waals surface area contributed by atoms with Gasteiger partial charge < -0.3 is 14.2 Å². The number of amidine groups is 1. The van der Waals surface area contributed by atoms with E-state index >= 15 is 4.39 Å². The van der Waals surface area contributed by atoms with Gasteiger partial charge in [-0.05, 0) is 58.4 Å². The first kappa shape index (κ1) is 29.3. The molecule has 0 spiro atoms. The molecule has 0 unspecified atom stereocenters. The van der Waals surface area contributed by atoms with Gasteiger partial charge in [0.05, 0.1) is 12.6 Å². The number of thioether (sulfide) groups is 1. The monoisotopic (exact) mass is 552 g/mol. The molecule has 1 heterocycles. The third kappa shape index (κ3) is 6.43. The predicted molar refractivity (Wildman–Crippen MR) is 144 cm³/mol. The standard InChI is InChI=1S/C26H37FN2O6SSi/c1-24(2,3)35-23(32)29(16-34-11-12-37(6,7)8)22-28-25(4,18-13-17(15-30)9-10-19(18)27)20-14-26(20,36-22)21(31)33-5/h9-10,13,15,20H,11-12,14,16H2,1-8H3/t20-,25+,26-/m0/s1. The number of benzene rings is 1. The van der Waals surface area contributed by atoms with Crippen LogP contribution in [-0.2, 0) is 24.5 Å². The Morgan fingerprint density at radius 2 is 1.97 bits per heavy atom. The zero-order chi connectivity index (χ0) is 27.8. The summed E-state index contributed by atoms with van der Waals surface area (Å²) >= 11 is 1.12. The van der Waals surface area contributed by atoms with Crippen LogP contribution < -0.4 is 0 Å². The molecule has 1 fully saturated rings. The number of esters is 1. The molecule has 1 amide bonds. The number of carbonyl (C=O) groups excluding carboxylic acids is 3. The highest BCUT2D eigenvalue weighted by molar-refractivity contribution is 8.15. The van der Waals surface area contributed by atoms with Crippen LogP contribution in [0.3, 0.4) is 0 Å². The number of rotatable bonds is 8. The van der Waals surface area contributed by atoms with Crippen LogP contribution in [0.2, 0.25) is 25.7 Å². The molecule has 1 aliphatic heterocycles. The first-order valence-corrected chi connectivity index (χ1v) is 16.8. The van der Waals surface area contributed by atoms with Gasteiger partial charge in [0.2, 0.25) is 0 Å². The van der Waals surface area contributed by atoms with Gasteiger partial charge in [-0.1, -0.05) is 31.4 Å². The number of aldehydes is 1. The highest BCUT2D eigenvalue weighted by Crippen LogP contribution is 2.67. The molecule has 8 nitrogen and oxygen atoms in total. The lowest BCUT2D eigenvalue weighted by atomic mass is 9.85. The van der Waals surface area contributed by atoms with Gasteiger partial charge in [0, 0.05) is 31.7 Å². The lowest BCUT2D eigenvalue weighted by Gasteiger charge is -2.37. The fourth-order valence-corrected chi connectivity index (χ4v) is 6.66. The van der Waals surface area contributed by atoms with Crippen molar-refractivity contribution < 1.29 is 33.0 Å². The van der Waals surface area contributed by atoms with Crippen molar-refractivity contribution in [2.75, 3.05) is 20.4 Å². The summed E-state index contributed by atoms with van der Waals surface area (Å²) in [4.78, 5) is 43.9. The summed E-state index contributed by atoms with van der Waals surface area (Å²) in [5.41, 5.74) is -1.56. The molecule has 1 aromatic rings. The number of amides is 1. The third-order valence-corrected chi connectivity index (χ3v) is 9.63. The van der Waals surface area contributed by atoms with E-state index in [2.05, 4.69) is 19.6 Å². The van der Waals surface area contributed by atoms with Gasteiger partial charge in [-0.25, -0.2) is 14.1 Å². The number of halogens is 1. The van der Waals surface area contributed by atoms with Gasteiger partial charge in [-0.15, -0.1) is 0 Å². The van der Waals surface area contributed by atoms with E-state index in [-0.39, 0.29) is 23.0 Å². The quantitative estimate of drug-likeness (QED) is 0.139. The number of fused-ring (bicyclic) bond motifs is 1. The van der Waals surface area contributed by atoms with Crippen molar-refractivity contribution in [3.63, 3.8) is 0 Å². The Hall–Kier alpha value is -2.24. The molecule has 1 aromatic carbocycles. The normalized spacial score (nSPS) is 25.0. The summed E-state index contributed by atoms with van der Waals surface area (Å²) in [5.74, 6) is -1.42. The highest BCUT2D eigenvalue weighted by atomic mass is 32.2. The molecule has 0 N–H and O–H groups in total. The Morgan fingerprint density at radius 3 is 2.54 bits per heavy atom. The number of hydrogen-bond donors (Lipinski definition) is 0. The molecule has 204 valence electrons. The van der Waals surface area contributed by atoms with Crippen molar-refractivity contribution in [1.29, 1.82) is 0 Å². The minimum absolute atomic E-state index is 0.139. The van der Waals surface area contributed by atoms with E-state index in [0.717, 1.165) is 17.8 Å². The summed E-state index contributed by atoms with van der Waals surface area (Å²) < 4.78 is 30.8. The van der Waals surface area contributed by atoms with Gasteiger partial charge in [0.1, 0.15) is 29.2 Å². The maximum Gasteiger partial charge on any atom is 0.418 e. The minimum atomic E-state index is -1.38. The topological polar surface area (TPSA) is 94.5 Å². The van der Waals surface area contributed by atoms with Crippen molar-refractivity contribution in [2.24, 2.45) is 10.9 Å². The molecule has 2 aliphatic rings. The molecule has 0 bridgehead atoms. The maximum absolute atomic E-state index is 15.2. The summed E-state index contributed by atoms with van der Waals surface area (Å²) in [6.07, 6.45) is 0.321. The molecule has 3 atom stereocenters. The molecule has 0 saturated heterocycles. The largest absolute Gasteiger partial charge is 0.468 e. The van der Waals surface area contributed by atoms with Crippen molar-refractivity contribution >= 4 is 43.4 Å². The van der Waals surface area contributed by atoms with Gasteiger partial charge >= 0.3 is 12.1 Å². The van der Waals surface area contributed by atoms with Crippen LogP contribution in [0, 0.1) is 11.7 Å². The van der Waals surface area contributed by atoms with Crippen LogP contribution in [0.25, 0.3) is 0 Å². The van der Waals surface area contributed by atoms with Gasteiger partial charge in [0.15, 0.2) is 5.17 Å². The Labute approximate surface area is 223 Å². The van der Waals surface area contributed by atoms with Crippen LogP contribution in [0.5, 0.6) is 0 Å². The molecular formula is C26H37FN2O6SSi. The van der Waals surface area contributed by atoms with E-state index in [0.29, 0.717) is 19.3 Å². The van der Waals surface area contributed by atoms with Crippen molar-refractivity contribution in [2.45, 2.75) is 75.7 Å².